The molecule has 5 heteroatoms. The van der Waals surface area contributed by atoms with Gasteiger partial charge in [0.2, 0.25) is 0 Å². The van der Waals surface area contributed by atoms with E-state index in [2.05, 4.69) is 33.1 Å². The number of hydrogen-bond donors (Lipinski definition) is 1. The predicted molar refractivity (Wildman–Crippen MR) is 73.1 cm³/mol. The first kappa shape index (κ1) is 14.1. The van der Waals surface area contributed by atoms with Crippen LogP contribution in [-0.2, 0) is 4.74 Å². The zero-order valence-corrected chi connectivity index (χ0v) is 12.4. The van der Waals surface area contributed by atoms with Crippen LogP contribution in [0.4, 0.5) is 4.79 Å². The zero-order valence-electron chi connectivity index (χ0n) is 9.96. The zero-order chi connectivity index (χ0) is 12.9. The molecule has 0 atom stereocenters. The van der Waals surface area contributed by atoms with Crippen molar-refractivity contribution in [1.29, 1.82) is 0 Å². The van der Waals surface area contributed by atoms with E-state index in [4.69, 9.17) is 4.74 Å². The Labute approximate surface area is 114 Å². The molecule has 0 spiro atoms. The predicted octanol–water partition coefficient (Wildman–Crippen LogP) is 3.39. The highest BCUT2D eigenvalue weighted by Gasteiger charge is 2.14. The van der Waals surface area contributed by atoms with Gasteiger partial charge in [-0.2, -0.15) is 0 Å². The smallest absolute Gasteiger partial charge is 0.408 e. The van der Waals surface area contributed by atoms with E-state index in [0.717, 1.165) is 8.66 Å². The van der Waals surface area contributed by atoms with Crippen LogP contribution in [0.5, 0.6) is 0 Å². The average Bonchev–Trinajstić information content (AvgIpc) is 2.56. The van der Waals surface area contributed by atoms with Gasteiger partial charge in [-0.1, -0.05) is 11.8 Å². The molecule has 0 aliphatic heterocycles. The van der Waals surface area contributed by atoms with Crippen LogP contribution in [0.25, 0.3) is 0 Å². The van der Waals surface area contributed by atoms with Gasteiger partial charge in [0.05, 0.1) is 15.2 Å². The fourth-order valence-corrected chi connectivity index (χ4v) is 2.20. The summed E-state index contributed by atoms with van der Waals surface area (Å²) in [6.07, 6.45) is -0.445. The Kier molecular flexibility index (Phi) is 5.03. The molecule has 0 aliphatic rings. The number of halogens is 1. The minimum atomic E-state index is -0.476. The van der Waals surface area contributed by atoms with Gasteiger partial charge in [0, 0.05) is 0 Å². The maximum Gasteiger partial charge on any atom is 0.408 e. The van der Waals surface area contributed by atoms with Crippen LogP contribution in [-0.4, -0.2) is 18.2 Å². The number of amides is 1. The van der Waals surface area contributed by atoms with Gasteiger partial charge in [-0.05, 0) is 48.8 Å². The molecule has 1 heterocycles. The molecule has 1 aromatic rings. The molecule has 3 nitrogen and oxygen atoms in total. The highest BCUT2D eigenvalue weighted by atomic mass is 79.9. The molecule has 0 aliphatic carbocycles. The Balaban J connectivity index is 2.33. The number of ether oxygens (including phenoxy) is 1. The van der Waals surface area contributed by atoms with Gasteiger partial charge in [-0.3, -0.25) is 0 Å². The quantitative estimate of drug-likeness (QED) is 0.807. The third-order valence-corrected chi connectivity index (χ3v) is 3.04. The Bertz CT molecular complexity index is 451. The molecule has 0 radical (unpaired) electrons. The SMILES string of the molecule is CC(C)(C)OC(=O)NCC#Cc1ccc(Br)s1. The summed E-state index contributed by atoms with van der Waals surface area (Å²) in [6.45, 7) is 5.74. The molecule has 17 heavy (non-hydrogen) atoms. The van der Waals surface area contributed by atoms with E-state index in [1.165, 1.54) is 0 Å². The van der Waals surface area contributed by atoms with Crippen LogP contribution in [0.1, 0.15) is 25.6 Å². The first-order valence-corrected chi connectivity index (χ1v) is 6.69. The Morgan fingerprint density at radius 3 is 2.76 bits per heavy atom. The van der Waals surface area contributed by atoms with Gasteiger partial charge >= 0.3 is 6.09 Å². The van der Waals surface area contributed by atoms with Gasteiger partial charge in [0.15, 0.2) is 0 Å². The molecule has 0 aromatic carbocycles. The normalized spacial score (nSPS) is 10.4. The van der Waals surface area contributed by atoms with Crippen molar-refractivity contribution in [3.63, 3.8) is 0 Å². The second-order valence-corrected chi connectivity index (χ2v) is 6.72. The molecular weight excluding hydrogens is 302 g/mol. The Morgan fingerprint density at radius 1 is 1.53 bits per heavy atom. The summed E-state index contributed by atoms with van der Waals surface area (Å²) in [6, 6.07) is 3.87. The lowest BCUT2D eigenvalue weighted by Crippen LogP contribution is -2.32. The number of carbonyl (C=O) groups excluding carboxylic acids is 1. The average molecular weight is 316 g/mol. The van der Waals surface area contributed by atoms with Gasteiger partial charge in [-0.15, -0.1) is 11.3 Å². The van der Waals surface area contributed by atoms with Crippen molar-refractivity contribution in [1.82, 2.24) is 5.32 Å². The van der Waals surface area contributed by atoms with E-state index < -0.39 is 11.7 Å². The minimum absolute atomic E-state index is 0.282. The lowest BCUT2D eigenvalue weighted by atomic mass is 10.2. The van der Waals surface area contributed by atoms with E-state index in [0.29, 0.717) is 0 Å². The fourth-order valence-electron chi connectivity index (χ4n) is 0.943. The lowest BCUT2D eigenvalue weighted by molar-refractivity contribution is 0.0535. The highest BCUT2D eigenvalue weighted by molar-refractivity contribution is 9.11. The van der Waals surface area contributed by atoms with Crippen LogP contribution in [0.3, 0.4) is 0 Å². The van der Waals surface area contributed by atoms with Crippen molar-refractivity contribution in [3.05, 3.63) is 20.8 Å². The van der Waals surface area contributed by atoms with E-state index in [9.17, 15) is 4.79 Å². The van der Waals surface area contributed by atoms with Crippen molar-refractivity contribution >= 4 is 33.4 Å². The van der Waals surface area contributed by atoms with E-state index in [1.54, 1.807) is 11.3 Å². The standard InChI is InChI=1S/C12H14BrNO2S/c1-12(2,3)16-11(15)14-8-4-5-9-6-7-10(13)17-9/h6-7H,8H2,1-3H3,(H,14,15). The molecule has 1 aromatic heterocycles. The molecule has 0 unspecified atom stereocenters. The molecule has 0 saturated heterocycles. The molecule has 1 rings (SSSR count). The fraction of sp³-hybridized carbons (Fsp3) is 0.417. The van der Waals surface area contributed by atoms with Crippen LogP contribution >= 0.6 is 27.3 Å². The number of rotatable bonds is 1. The Hall–Kier alpha value is -0.990. The van der Waals surface area contributed by atoms with E-state index in [-0.39, 0.29) is 6.54 Å². The van der Waals surface area contributed by atoms with Crippen LogP contribution in [0.15, 0.2) is 15.9 Å². The third-order valence-electron chi connectivity index (χ3n) is 1.50. The summed E-state index contributed by atoms with van der Waals surface area (Å²) in [4.78, 5) is 12.2. The summed E-state index contributed by atoms with van der Waals surface area (Å²) in [5.74, 6) is 5.81. The second kappa shape index (κ2) is 6.08. The largest absolute Gasteiger partial charge is 0.444 e. The lowest BCUT2D eigenvalue weighted by Gasteiger charge is -2.18. The van der Waals surface area contributed by atoms with Gasteiger partial charge in [0.1, 0.15) is 5.60 Å². The maximum atomic E-state index is 11.3. The molecule has 1 amide bonds. The number of hydrogen-bond acceptors (Lipinski definition) is 3. The van der Waals surface area contributed by atoms with Crippen molar-refractivity contribution in [3.8, 4) is 11.8 Å². The molecule has 1 N–H and O–H groups in total. The van der Waals surface area contributed by atoms with Crippen LogP contribution in [0.2, 0.25) is 0 Å². The van der Waals surface area contributed by atoms with Gasteiger partial charge in [-0.25, -0.2) is 4.79 Å². The summed E-state index contributed by atoms with van der Waals surface area (Å²) in [7, 11) is 0. The topological polar surface area (TPSA) is 38.3 Å². The molecule has 0 bridgehead atoms. The molecule has 0 saturated carbocycles. The number of carbonyl (C=O) groups is 1. The van der Waals surface area contributed by atoms with Crippen molar-refractivity contribution < 1.29 is 9.53 Å². The maximum absolute atomic E-state index is 11.3. The first-order chi connectivity index (χ1) is 7.87. The molecule has 0 fully saturated rings. The minimum Gasteiger partial charge on any atom is -0.444 e. The third kappa shape index (κ3) is 6.35. The van der Waals surface area contributed by atoms with Crippen molar-refractivity contribution in [2.24, 2.45) is 0 Å². The number of thiophene rings is 1. The van der Waals surface area contributed by atoms with Gasteiger partial charge in [0.25, 0.3) is 0 Å². The van der Waals surface area contributed by atoms with Crippen LogP contribution < -0.4 is 5.32 Å². The van der Waals surface area contributed by atoms with E-state index in [1.807, 2.05) is 32.9 Å². The first-order valence-electron chi connectivity index (χ1n) is 5.08. The second-order valence-electron chi connectivity index (χ2n) is 4.26. The highest BCUT2D eigenvalue weighted by Crippen LogP contribution is 2.20. The van der Waals surface area contributed by atoms with Crippen molar-refractivity contribution in [2.45, 2.75) is 26.4 Å². The summed E-state index contributed by atoms with van der Waals surface area (Å²) < 4.78 is 6.11. The number of alkyl carbamates (subject to hydrolysis) is 1. The monoisotopic (exact) mass is 315 g/mol. The van der Waals surface area contributed by atoms with E-state index >= 15 is 0 Å². The molecule has 92 valence electrons. The summed E-state index contributed by atoms with van der Waals surface area (Å²) in [5.41, 5.74) is -0.476. The van der Waals surface area contributed by atoms with Gasteiger partial charge < -0.3 is 10.1 Å². The number of nitrogens with one attached hydrogen (secondary N) is 1. The van der Waals surface area contributed by atoms with Crippen molar-refractivity contribution in [2.75, 3.05) is 6.54 Å². The van der Waals surface area contributed by atoms with Crippen LogP contribution in [0, 0.1) is 11.8 Å². The summed E-state index contributed by atoms with van der Waals surface area (Å²) in [5, 5.41) is 2.57. The summed E-state index contributed by atoms with van der Waals surface area (Å²) >= 11 is 4.91. The molecular formula is C12H14BrNO2S. The Morgan fingerprint density at radius 2 is 2.24 bits per heavy atom.